The smallest absolute Gasteiger partial charge is 0.309 e. The zero-order valence-electron chi connectivity index (χ0n) is 24.8. The molecule has 0 saturated carbocycles. The van der Waals surface area contributed by atoms with Crippen LogP contribution >= 0.6 is 0 Å². The van der Waals surface area contributed by atoms with Crippen LogP contribution in [-0.4, -0.2) is 12.6 Å². The first-order valence-corrected chi connectivity index (χ1v) is 14.6. The van der Waals surface area contributed by atoms with Crippen LogP contribution in [0.3, 0.4) is 0 Å². The lowest BCUT2D eigenvalue weighted by Gasteiger charge is -2.31. The van der Waals surface area contributed by atoms with Crippen LogP contribution in [0.2, 0.25) is 0 Å². The average molecular weight is 525 g/mol. The molecular weight excluding hydrogens is 476 g/mol. The zero-order chi connectivity index (χ0) is 28.4. The minimum Gasteiger partial charge on any atom is -0.464 e. The highest BCUT2D eigenvalue weighted by Crippen LogP contribution is 2.45. The van der Waals surface area contributed by atoms with E-state index in [-0.39, 0.29) is 23.7 Å². The van der Waals surface area contributed by atoms with E-state index in [9.17, 15) is 4.79 Å². The molecule has 0 N–H and O–H groups in total. The molecule has 0 fully saturated rings. The Bertz CT molecular complexity index is 1130. The van der Waals surface area contributed by atoms with Gasteiger partial charge in [-0.05, 0) is 99.8 Å². The summed E-state index contributed by atoms with van der Waals surface area (Å²) in [5.41, 5.74) is 7.61. The maximum Gasteiger partial charge on any atom is 0.309 e. The Hall–Kier alpha value is -3.13. The van der Waals surface area contributed by atoms with Crippen molar-refractivity contribution in [2.24, 2.45) is 23.7 Å². The van der Waals surface area contributed by atoms with Crippen molar-refractivity contribution in [2.75, 3.05) is 6.61 Å². The Morgan fingerprint density at radius 1 is 0.795 bits per heavy atom. The van der Waals surface area contributed by atoms with Gasteiger partial charge in [0, 0.05) is 5.92 Å². The molecule has 0 spiro atoms. The standard InChI is InChI=1S/C37H48O2/c1-8-14-29(28(7)22-20-26(3)4)24-30(23-21-27(5)6)31(15-9-2)37(38)39-25-36-34-18-12-10-16-32(34)33-17-11-13-19-35(33)36/h8-13,16-21,28-31,36H,1-2,14-15,22-25H2,3-7H3. The monoisotopic (exact) mass is 524 g/mol. The van der Waals surface area contributed by atoms with Gasteiger partial charge in [0.15, 0.2) is 0 Å². The first-order chi connectivity index (χ1) is 18.8. The van der Waals surface area contributed by atoms with Crippen molar-refractivity contribution in [1.29, 1.82) is 0 Å². The number of ether oxygens (including phenoxy) is 1. The highest BCUT2D eigenvalue weighted by Gasteiger charge is 2.34. The third kappa shape index (κ3) is 8.18. The minimum atomic E-state index is -0.215. The van der Waals surface area contributed by atoms with Gasteiger partial charge in [0.25, 0.3) is 0 Å². The van der Waals surface area contributed by atoms with E-state index >= 15 is 0 Å². The Morgan fingerprint density at radius 3 is 1.87 bits per heavy atom. The summed E-state index contributed by atoms with van der Waals surface area (Å²) in [5, 5.41) is 0. The fraction of sp³-hybridized carbons (Fsp3) is 0.432. The minimum absolute atomic E-state index is 0.0690. The number of carbonyl (C=O) groups excluding carboxylic acids is 1. The summed E-state index contributed by atoms with van der Waals surface area (Å²) in [4.78, 5) is 13.8. The molecule has 0 radical (unpaired) electrons. The van der Waals surface area contributed by atoms with Crippen LogP contribution in [0.1, 0.15) is 83.8 Å². The molecule has 2 nitrogen and oxygen atoms in total. The van der Waals surface area contributed by atoms with Crippen molar-refractivity contribution in [3.8, 4) is 11.1 Å². The quantitative estimate of drug-likeness (QED) is 0.171. The van der Waals surface area contributed by atoms with Gasteiger partial charge in [-0.15, -0.1) is 13.2 Å². The molecule has 1 aliphatic rings. The number of carbonyl (C=O) groups is 1. The topological polar surface area (TPSA) is 26.3 Å². The summed E-state index contributed by atoms with van der Waals surface area (Å²) in [5.74, 6) is 0.916. The second kappa shape index (κ2) is 14.9. The maximum atomic E-state index is 13.8. The van der Waals surface area contributed by atoms with Crippen molar-refractivity contribution in [3.05, 3.63) is 108 Å². The Morgan fingerprint density at radius 2 is 1.33 bits per heavy atom. The number of esters is 1. The van der Waals surface area contributed by atoms with E-state index in [2.05, 4.69) is 108 Å². The lowest BCUT2D eigenvalue weighted by molar-refractivity contribution is -0.151. The number of hydrogen-bond acceptors (Lipinski definition) is 2. The molecule has 3 rings (SSSR count). The molecule has 208 valence electrons. The van der Waals surface area contributed by atoms with Crippen molar-refractivity contribution < 1.29 is 9.53 Å². The van der Waals surface area contributed by atoms with Crippen LogP contribution in [0.4, 0.5) is 0 Å². The fourth-order valence-corrected chi connectivity index (χ4v) is 5.96. The van der Waals surface area contributed by atoms with Crippen molar-refractivity contribution >= 4 is 5.97 Å². The lowest BCUT2D eigenvalue weighted by Crippen LogP contribution is -2.29. The van der Waals surface area contributed by atoms with Gasteiger partial charge < -0.3 is 4.74 Å². The van der Waals surface area contributed by atoms with Crippen LogP contribution < -0.4 is 0 Å². The summed E-state index contributed by atoms with van der Waals surface area (Å²) >= 11 is 0. The van der Waals surface area contributed by atoms with Gasteiger partial charge in [-0.1, -0.05) is 90.9 Å². The Kier molecular flexibility index (Phi) is 11.6. The second-order valence-corrected chi connectivity index (χ2v) is 11.8. The highest BCUT2D eigenvalue weighted by molar-refractivity contribution is 5.79. The first-order valence-electron chi connectivity index (χ1n) is 14.6. The Labute approximate surface area is 237 Å². The van der Waals surface area contributed by atoms with Gasteiger partial charge in [-0.2, -0.15) is 0 Å². The Balaban J connectivity index is 1.82. The normalized spacial score (nSPS) is 15.2. The summed E-state index contributed by atoms with van der Waals surface area (Å²) < 4.78 is 6.19. The molecule has 0 aromatic heterocycles. The number of benzene rings is 2. The van der Waals surface area contributed by atoms with Crippen molar-refractivity contribution in [1.82, 2.24) is 0 Å². The summed E-state index contributed by atoms with van der Waals surface area (Å²) in [6, 6.07) is 17.0. The SMILES string of the molecule is C=CCC(CC(CC=C(C)C)C(CC=C)C(=O)OCC1c2ccccc2-c2ccccc21)C(C)CC=C(C)C. The zero-order valence-corrected chi connectivity index (χ0v) is 24.8. The van der Waals surface area contributed by atoms with Crippen molar-refractivity contribution in [2.45, 2.75) is 72.6 Å². The summed E-state index contributed by atoms with van der Waals surface area (Å²) in [6.45, 7) is 19.3. The van der Waals surface area contributed by atoms with Crippen LogP contribution in [0.25, 0.3) is 11.1 Å². The molecule has 1 aliphatic carbocycles. The van der Waals surface area contributed by atoms with Gasteiger partial charge in [0.1, 0.15) is 6.61 Å². The van der Waals surface area contributed by atoms with E-state index in [1.807, 2.05) is 12.2 Å². The molecule has 0 bridgehead atoms. The fourth-order valence-electron chi connectivity index (χ4n) is 5.96. The van der Waals surface area contributed by atoms with Crippen LogP contribution in [0.5, 0.6) is 0 Å². The van der Waals surface area contributed by atoms with Gasteiger partial charge in [0.2, 0.25) is 0 Å². The highest BCUT2D eigenvalue weighted by atomic mass is 16.5. The van der Waals surface area contributed by atoms with Crippen LogP contribution in [-0.2, 0) is 9.53 Å². The van der Waals surface area contributed by atoms with Crippen molar-refractivity contribution in [3.63, 3.8) is 0 Å². The first kappa shape index (κ1) is 30.4. The van der Waals surface area contributed by atoms with Gasteiger partial charge in [-0.25, -0.2) is 0 Å². The van der Waals surface area contributed by atoms with Gasteiger partial charge in [-0.3, -0.25) is 4.79 Å². The van der Waals surface area contributed by atoms with E-state index in [4.69, 9.17) is 4.74 Å². The predicted molar refractivity (Wildman–Crippen MR) is 167 cm³/mol. The van der Waals surface area contributed by atoms with E-state index in [0.717, 1.165) is 25.7 Å². The third-order valence-electron chi connectivity index (χ3n) is 8.25. The molecule has 0 aliphatic heterocycles. The van der Waals surface area contributed by atoms with E-state index in [0.29, 0.717) is 24.9 Å². The predicted octanol–water partition coefficient (Wildman–Crippen LogP) is 10.1. The summed E-state index contributed by atoms with van der Waals surface area (Å²) in [7, 11) is 0. The molecule has 2 heteroatoms. The van der Waals surface area contributed by atoms with Crippen LogP contribution in [0.15, 0.2) is 97.1 Å². The van der Waals surface area contributed by atoms with Gasteiger partial charge in [0.05, 0.1) is 5.92 Å². The molecule has 2 aromatic rings. The van der Waals surface area contributed by atoms with E-state index in [1.54, 1.807) is 0 Å². The number of fused-ring (bicyclic) bond motifs is 3. The molecule has 0 amide bonds. The molecule has 2 aromatic carbocycles. The summed E-state index contributed by atoms with van der Waals surface area (Å²) in [6.07, 6.45) is 13.0. The van der Waals surface area contributed by atoms with Crippen LogP contribution in [0, 0.1) is 23.7 Å². The molecule has 0 saturated heterocycles. The second-order valence-electron chi connectivity index (χ2n) is 11.8. The van der Waals surface area contributed by atoms with Gasteiger partial charge >= 0.3 is 5.97 Å². The number of allylic oxidation sites excluding steroid dienone is 6. The molecule has 4 unspecified atom stereocenters. The largest absolute Gasteiger partial charge is 0.464 e. The number of hydrogen-bond donors (Lipinski definition) is 0. The average Bonchev–Trinajstić information content (AvgIpc) is 3.24. The van der Waals surface area contributed by atoms with E-state index in [1.165, 1.54) is 33.4 Å². The molecule has 4 atom stereocenters. The third-order valence-corrected chi connectivity index (χ3v) is 8.25. The molecule has 39 heavy (non-hydrogen) atoms. The molecule has 0 heterocycles. The number of rotatable bonds is 15. The lowest BCUT2D eigenvalue weighted by atomic mass is 9.75. The molecular formula is C37H48O2. The van der Waals surface area contributed by atoms with E-state index < -0.39 is 0 Å². The maximum absolute atomic E-state index is 13.8.